The van der Waals surface area contributed by atoms with Crippen LogP contribution in [0.2, 0.25) is 0 Å². The monoisotopic (exact) mass is 388 g/mol. The number of anilines is 2. The fourth-order valence-electron chi connectivity index (χ4n) is 4.05. The van der Waals surface area contributed by atoms with Gasteiger partial charge in [-0.25, -0.2) is 9.50 Å². The van der Waals surface area contributed by atoms with Gasteiger partial charge in [0.2, 0.25) is 0 Å². The molecule has 0 atom stereocenters. The van der Waals surface area contributed by atoms with E-state index in [-0.39, 0.29) is 10.6 Å². The SMILES string of the molecule is Cc1cc2nc(N3CCN(c4ccccc4[N+](=O)[O-])CC3)c3ccccc3n2n1. The Balaban J connectivity index is 1.48. The molecule has 29 heavy (non-hydrogen) atoms. The zero-order valence-corrected chi connectivity index (χ0v) is 16.0. The summed E-state index contributed by atoms with van der Waals surface area (Å²) in [5, 5.41) is 17.0. The van der Waals surface area contributed by atoms with Crippen LogP contribution in [-0.2, 0) is 0 Å². The second kappa shape index (κ2) is 6.73. The van der Waals surface area contributed by atoms with E-state index >= 15 is 0 Å². The van der Waals surface area contributed by atoms with Crippen molar-refractivity contribution in [3.05, 3.63) is 70.4 Å². The van der Waals surface area contributed by atoms with Crippen molar-refractivity contribution in [2.45, 2.75) is 6.92 Å². The van der Waals surface area contributed by atoms with Crippen LogP contribution in [-0.4, -0.2) is 45.7 Å². The maximum Gasteiger partial charge on any atom is 0.292 e. The largest absolute Gasteiger partial charge is 0.362 e. The molecule has 1 saturated heterocycles. The highest BCUT2D eigenvalue weighted by atomic mass is 16.6. The molecule has 2 aromatic heterocycles. The summed E-state index contributed by atoms with van der Waals surface area (Å²) in [6, 6.07) is 17.1. The van der Waals surface area contributed by atoms with E-state index in [4.69, 9.17) is 4.98 Å². The molecule has 2 aromatic carbocycles. The van der Waals surface area contributed by atoms with Crippen LogP contribution in [0.25, 0.3) is 16.6 Å². The smallest absolute Gasteiger partial charge is 0.292 e. The number of hydrogen-bond acceptors (Lipinski definition) is 6. The molecule has 0 bridgehead atoms. The first-order chi connectivity index (χ1) is 14.1. The van der Waals surface area contributed by atoms with E-state index in [9.17, 15) is 10.1 Å². The van der Waals surface area contributed by atoms with Crippen molar-refractivity contribution in [3.63, 3.8) is 0 Å². The standard InChI is InChI=1S/C21H20N6O2/c1-15-14-20-22-21(16-6-2-3-7-17(16)26(20)23-15)25-12-10-24(11-13-25)18-8-4-5-9-19(18)27(28)29/h2-9,14H,10-13H2,1H3. The van der Waals surface area contributed by atoms with Gasteiger partial charge in [0.1, 0.15) is 11.5 Å². The second-order valence-corrected chi connectivity index (χ2v) is 7.23. The van der Waals surface area contributed by atoms with Gasteiger partial charge in [-0.05, 0) is 25.1 Å². The van der Waals surface area contributed by atoms with Gasteiger partial charge in [0.15, 0.2) is 5.65 Å². The summed E-state index contributed by atoms with van der Waals surface area (Å²) >= 11 is 0. The molecule has 1 fully saturated rings. The highest BCUT2D eigenvalue weighted by molar-refractivity contribution is 5.92. The van der Waals surface area contributed by atoms with Gasteiger partial charge in [0, 0.05) is 43.7 Å². The third-order valence-electron chi connectivity index (χ3n) is 5.40. The lowest BCUT2D eigenvalue weighted by molar-refractivity contribution is -0.384. The Morgan fingerprint density at radius 1 is 0.966 bits per heavy atom. The van der Waals surface area contributed by atoms with Gasteiger partial charge in [-0.15, -0.1) is 0 Å². The number of benzene rings is 2. The normalized spacial score (nSPS) is 14.7. The lowest BCUT2D eigenvalue weighted by atomic mass is 10.2. The average molecular weight is 388 g/mol. The Kier molecular flexibility index (Phi) is 4.04. The summed E-state index contributed by atoms with van der Waals surface area (Å²) in [5.74, 6) is 0.940. The van der Waals surface area contributed by atoms with E-state index in [0.717, 1.165) is 41.2 Å². The quantitative estimate of drug-likeness (QED) is 0.395. The molecule has 0 unspecified atom stereocenters. The number of para-hydroxylation sites is 3. The Morgan fingerprint density at radius 2 is 1.66 bits per heavy atom. The summed E-state index contributed by atoms with van der Waals surface area (Å²) < 4.78 is 1.89. The van der Waals surface area contributed by atoms with Gasteiger partial charge >= 0.3 is 0 Å². The van der Waals surface area contributed by atoms with Gasteiger partial charge in [0.25, 0.3) is 5.69 Å². The maximum absolute atomic E-state index is 11.4. The van der Waals surface area contributed by atoms with E-state index in [0.29, 0.717) is 18.8 Å². The minimum absolute atomic E-state index is 0.153. The summed E-state index contributed by atoms with van der Waals surface area (Å²) in [7, 11) is 0. The zero-order chi connectivity index (χ0) is 20.0. The number of hydrogen-bond donors (Lipinski definition) is 0. The molecule has 0 spiro atoms. The predicted octanol–water partition coefficient (Wildman–Crippen LogP) is 3.43. The Labute approximate surface area is 167 Å². The number of aryl methyl sites for hydroxylation is 1. The van der Waals surface area contributed by atoms with Gasteiger partial charge in [-0.3, -0.25) is 10.1 Å². The molecule has 1 aliphatic rings. The Hall–Kier alpha value is -3.68. The van der Waals surface area contributed by atoms with Gasteiger partial charge < -0.3 is 9.80 Å². The van der Waals surface area contributed by atoms with E-state index in [2.05, 4.69) is 27.0 Å². The topological polar surface area (TPSA) is 79.8 Å². The van der Waals surface area contributed by atoms with Crippen LogP contribution in [0, 0.1) is 17.0 Å². The molecule has 3 heterocycles. The van der Waals surface area contributed by atoms with Crippen LogP contribution in [0.4, 0.5) is 17.2 Å². The third kappa shape index (κ3) is 2.93. The number of nitro groups is 1. The van der Waals surface area contributed by atoms with Crippen molar-refractivity contribution in [2.24, 2.45) is 0 Å². The summed E-state index contributed by atoms with van der Waals surface area (Å²) in [4.78, 5) is 20.3. The average Bonchev–Trinajstić information content (AvgIpc) is 3.14. The van der Waals surface area contributed by atoms with Crippen LogP contribution in [0.1, 0.15) is 5.69 Å². The summed E-state index contributed by atoms with van der Waals surface area (Å²) in [6.07, 6.45) is 0. The van der Waals surface area contributed by atoms with E-state index in [1.807, 2.05) is 41.8 Å². The molecule has 5 rings (SSSR count). The molecule has 8 nitrogen and oxygen atoms in total. The minimum atomic E-state index is -0.313. The molecule has 1 aliphatic heterocycles. The molecule has 146 valence electrons. The first-order valence-electron chi connectivity index (χ1n) is 9.60. The highest BCUT2D eigenvalue weighted by Gasteiger charge is 2.25. The van der Waals surface area contributed by atoms with Crippen LogP contribution in [0.5, 0.6) is 0 Å². The number of nitro benzene ring substituents is 1. The van der Waals surface area contributed by atoms with Crippen LogP contribution in [0.15, 0.2) is 54.6 Å². The lowest BCUT2D eigenvalue weighted by Gasteiger charge is -2.36. The third-order valence-corrected chi connectivity index (χ3v) is 5.40. The number of nitrogens with zero attached hydrogens (tertiary/aromatic N) is 6. The van der Waals surface area contributed by atoms with Crippen molar-refractivity contribution in [1.29, 1.82) is 0 Å². The summed E-state index contributed by atoms with van der Waals surface area (Å²) in [6.45, 7) is 4.85. The van der Waals surface area contributed by atoms with Gasteiger partial charge in [-0.2, -0.15) is 5.10 Å². The maximum atomic E-state index is 11.4. The predicted molar refractivity (Wildman–Crippen MR) is 113 cm³/mol. The van der Waals surface area contributed by atoms with Crippen LogP contribution in [0.3, 0.4) is 0 Å². The first kappa shape index (κ1) is 17.4. The molecule has 0 aliphatic carbocycles. The molecule has 0 saturated carbocycles. The van der Waals surface area contributed by atoms with Crippen molar-refractivity contribution >= 4 is 33.7 Å². The summed E-state index contributed by atoms with van der Waals surface area (Å²) in [5.41, 5.74) is 3.62. The van der Waals surface area contributed by atoms with Crippen molar-refractivity contribution in [2.75, 3.05) is 36.0 Å². The molecule has 0 N–H and O–H groups in total. The van der Waals surface area contributed by atoms with Gasteiger partial charge in [0.05, 0.1) is 16.1 Å². The van der Waals surface area contributed by atoms with Crippen molar-refractivity contribution < 1.29 is 4.92 Å². The highest BCUT2D eigenvalue weighted by Crippen LogP contribution is 2.31. The first-order valence-corrected chi connectivity index (χ1v) is 9.60. The van der Waals surface area contributed by atoms with E-state index in [1.165, 1.54) is 0 Å². The van der Waals surface area contributed by atoms with Crippen LogP contribution >= 0.6 is 0 Å². The fraction of sp³-hybridized carbons (Fsp3) is 0.238. The molecular weight excluding hydrogens is 368 g/mol. The zero-order valence-electron chi connectivity index (χ0n) is 16.0. The van der Waals surface area contributed by atoms with E-state index in [1.54, 1.807) is 12.1 Å². The fourth-order valence-corrected chi connectivity index (χ4v) is 4.05. The molecule has 0 radical (unpaired) electrons. The number of piperazine rings is 1. The molecule has 4 aromatic rings. The Morgan fingerprint density at radius 3 is 2.45 bits per heavy atom. The molecule has 0 amide bonds. The molecular formula is C21H20N6O2. The lowest BCUT2D eigenvalue weighted by Crippen LogP contribution is -2.47. The minimum Gasteiger partial charge on any atom is -0.362 e. The van der Waals surface area contributed by atoms with Crippen molar-refractivity contribution in [1.82, 2.24) is 14.6 Å². The number of aromatic nitrogens is 3. The number of fused-ring (bicyclic) bond motifs is 3. The second-order valence-electron chi connectivity index (χ2n) is 7.23. The van der Waals surface area contributed by atoms with Gasteiger partial charge in [-0.1, -0.05) is 24.3 Å². The van der Waals surface area contributed by atoms with E-state index < -0.39 is 0 Å². The number of rotatable bonds is 3. The Bertz CT molecular complexity index is 1230. The van der Waals surface area contributed by atoms with Crippen LogP contribution < -0.4 is 9.80 Å². The van der Waals surface area contributed by atoms with Crippen molar-refractivity contribution in [3.8, 4) is 0 Å². The molecule has 8 heteroatoms.